The molecule has 0 bridgehead atoms. The van der Waals surface area contributed by atoms with Crippen LogP contribution in [0.3, 0.4) is 0 Å². The van der Waals surface area contributed by atoms with Gasteiger partial charge in [0.15, 0.2) is 5.96 Å². The van der Waals surface area contributed by atoms with Crippen molar-refractivity contribution in [3.8, 4) is 0 Å². The molecule has 170 valence electrons. The Morgan fingerprint density at radius 2 is 1.94 bits per heavy atom. The Morgan fingerprint density at radius 1 is 1.19 bits per heavy atom. The number of amides is 1. The summed E-state index contributed by atoms with van der Waals surface area (Å²) in [5.74, 6) is 2.10. The predicted molar refractivity (Wildman–Crippen MR) is 134 cm³/mol. The Hall–Kier alpha value is -2.07. The fraction of sp³-hybridized carbons (Fsp3) is 0.478. The van der Waals surface area contributed by atoms with E-state index in [0.29, 0.717) is 31.2 Å². The molecule has 1 aromatic heterocycles. The van der Waals surface area contributed by atoms with Crippen LogP contribution < -0.4 is 15.5 Å². The molecule has 1 amide bonds. The normalized spacial score (nSPS) is 16.5. The molecule has 1 atom stereocenters. The van der Waals surface area contributed by atoms with Crippen molar-refractivity contribution >= 4 is 41.5 Å². The molecule has 0 aliphatic carbocycles. The zero-order chi connectivity index (χ0) is 21.6. The smallest absolute Gasteiger partial charge is 0.226 e. The van der Waals surface area contributed by atoms with Crippen molar-refractivity contribution in [3.63, 3.8) is 0 Å². The van der Waals surface area contributed by atoms with Gasteiger partial charge < -0.3 is 25.1 Å². The summed E-state index contributed by atoms with van der Waals surface area (Å²) >= 11 is 0. The standard InChI is InChI=1S/C23H32N4O3.HI/c1-4-24-22(26-16-23(3,29)20-13-8-17(2)30-20)25-15-18-9-11-19(12-10-18)27-14-6-5-7-21(27)28;/h8-13,29H,4-7,14-16H2,1-3H3,(H2,24,25,26);1H. The number of hydrogen-bond acceptors (Lipinski definition) is 4. The van der Waals surface area contributed by atoms with Crippen molar-refractivity contribution in [2.45, 2.75) is 52.2 Å². The second kappa shape index (κ2) is 11.5. The second-order valence-corrected chi connectivity index (χ2v) is 7.90. The van der Waals surface area contributed by atoms with Crippen LogP contribution in [0, 0.1) is 6.92 Å². The number of halogens is 1. The first-order valence-corrected chi connectivity index (χ1v) is 10.6. The number of nitrogens with zero attached hydrogens (tertiary/aromatic N) is 2. The first-order valence-electron chi connectivity index (χ1n) is 10.6. The summed E-state index contributed by atoms with van der Waals surface area (Å²) in [4.78, 5) is 18.6. The van der Waals surface area contributed by atoms with E-state index in [1.807, 2.05) is 49.1 Å². The van der Waals surface area contributed by atoms with E-state index in [0.717, 1.165) is 36.4 Å². The lowest BCUT2D eigenvalue weighted by molar-refractivity contribution is -0.119. The summed E-state index contributed by atoms with van der Waals surface area (Å²) in [5.41, 5.74) is 0.851. The number of aryl methyl sites for hydroxylation is 1. The molecule has 1 fully saturated rings. The summed E-state index contributed by atoms with van der Waals surface area (Å²) in [7, 11) is 0. The Kier molecular flexibility index (Phi) is 9.36. The van der Waals surface area contributed by atoms with E-state index in [2.05, 4.69) is 15.6 Å². The molecule has 7 nitrogen and oxygen atoms in total. The fourth-order valence-corrected chi connectivity index (χ4v) is 3.44. The molecule has 1 aliphatic heterocycles. The van der Waals surface area contributed by atoms with Crippen LogP contribution >= 0.6 is 24.0 Å². The first-order chi connectivity index (χ1) is 14.4. The lowest BCUT2D eigenvalue weighted by atomic mass is 10.0. The van der Waals surface area contributed by atoms with Gasteiger partial charge >= 0.3 is 0 Å². The molecule has 3 N–H and O–H groups in total. The maximum Gasteiger partial charge on any atom is 0.226 e. The van der Waals surface area contributed by atoms with Gasteiger partial charge in [0.05, 0.1) is 13.1 Å². The van der Waals surface area contributed by atoms with Crippen LogP contribution in [0.1, 0.15) is 50.2 Å². The SMILES string of the molecule is CCNC(=NCc1ccc(N2CCCCC2=O)cc1)NCC(C)(O)c1ccc(C)o1.I. The highest BCUT2D eigenvalue weighted by molar-refractivity contribution is 14.0. The van der Waals surface area contributed by atoms with Gasteiger partial charge in [0.1, 0.15) is 17.1 Å². The molecule has 0 saturated carbocycles. The minimum absolute atomic E-state index is 0. The fourth-order valence-electron chi connectivity index (χ4n) is 3.44. The summed E-state index contributed by atoms with van der Waals surface area (Å²) in [6, 6.07) is 11.6. The highest BCUT2D eigenvalue weighted by Gasteiger charge is 2.27. The topological polar surface area (TPSA) is 90.1 Å². The highest BCUT2D eigenvalue weighted by atomic mass is 127. The average molecular weight is 540 g/mol. The van der Waals surface area contributed by atoms with Crippen LogP contribution in [0.2, 0.25) is 0 Å². The number of furan rings is 1. The summed E-state index contributed by atoms with van der Waals surface area (Å²) in [6.45, 7) is 7.82. The van der Waals surface area contributed by atoms with E-state index < -0.39 is 5.60 Å². The monoisotopic (exact) mass is 540 g/mol. The third-order valence-corrected chi connectivity index (χ3v) is 5.21. The van der Waals surface area contributed by atoms with Crippen molar-refractivity contribution in [1.29, 1.82) is 0 Å². The molecule has 2 aromatic rings. The number of anilines is 1. The minimum Gasteiger partial charge on any atom is -0.463 e. The molecule has 8 heteroatoms. The van der Waals surface area contributed by atoms with Gasteiger partial charge in [-0.3, -0.25) is 4.79 Å². The molecular weight excluding hydrogens is 507 g/mol. The Balaban J connectivity index is 0.00000341. The summed E-state index contributed by atoms with van der Waals surface area (Å²) in [5, 5.41) is 17.1. The Bertz CT molecular complexity index is 877. The maximum absolute atomic E-state index is 12.1. The third-order valence-electron chi connectivity index (χ3n) is 5.21. The quantitative estimate of drug-likeness (QED) is 0.283. The van der Waals surface area contributed by atoms with Crippen LogP contribution in [0.4, 0.5) is 5.69 Å². The number of hydrogen-bond donors (Lipinski definition) is 3. The number of carbonyl (C=O) groups is 1. The van der Waals surface area contributed by atoms with Gasteiger partial charge in [0.25, 0.3) is 0 Å². The van der Waals surface area contributed by atoms with Gasteiger partial charge in [0, 0.05) is 25.2 Å². The molecular formula is C23H33IN4O3. The van der Waals surface area contributed by atoms with Crippen LogP contribution in [0.25, 0.3) is 0 Å². The number of nitrogens with one attached hydrogen (secondary N) is 2. The molecule has 31 heavy (non-hydrogen) atoms. The maximum atomic E-state index is 12.1. The van der Waals surface area contributed by atoms with Crippen molar-refractivity contribution < 1.29 is 14.3 Å². The average Bonchev–Trinajstić information content (AvgIpc) is 3.18. The van der Waals surface area contributed by atoms with Crippen molar-refractivity contribution in [2.75, 3.05) is 24.5 Å². The zero-order valence-corrected chi connectivity index (χ0v) is 20.8. The molecule has 1 unspecified atom stereocenters. The molecule has 1 aromatic carbocycles. The second-order valence-electron chi connectivity index (χ2n) is 7.90. The van der Waals surface area contributed by atoms with E-state index in [4.69, 9.17) is 4.42 Å². The number of aliphatic hydroxyl groups is 1. The van der Waals surface area contributed by atoms with Crippen molar-refractivity contribution in [2.24, 2.45) is 4.99 Å². The van der Waals surface area contributed by atoms with Crippen molar-refractivity contribution in [3.05, 3.63) is 53.5 Å². The van der Waals surface area contributed by atoms with E-state index in [9.17, 15) is 9.90 Å². The van der Waals surface area contributed by atoms with Gasteiger partial charge in [-0.1, -0.05) is 12.1 Å². The third kappa shape index (κ3) is 6.96. The van der Waals surface area contributed by atoms with E-state index in [1.54, 1.807) is 13.0 Å². The van der Waals surface area contributed by atoms with Gasteiger partial charge in [-0.15, -0.1) is 24.0 Å². The molecule has 0 spiro atoms. The minimum atomic E-state index is -1.15. The molecule has 2 heterocycles. The largest absolute Gasteiger partial charge is 0.463 e. The highest BCUT2D eigenvalue weighted by Crippen LogP contribution is 2.23. The Labute approximate surface area is 201 Å². The van der Waals surface area contributed by atoms with E-state index in [1.165, 1.54) is 0 Å². The molecule has 3 rings (SSSR count). The van der Waals surface area contributed by atoms with E-state index >= 15 is 0 Å². The van der Waals surface area contributed by atoms with Gasteiger partial charge in [-0.2, -0.15) is 0 Å². The van der Waals surface area contributed by atoms with Crippen LogP contribution in [-0.2, 0) is 16.9 Å². The zero-order valence-electron chi connectivity index (χ0n) is 18.5. The number of rotatable bonds is 7. The van der Waals surface area contributed by atoms with Gasteiger partial charge in [-0.25, -0.2) is 4.99 Å². The number of aliphatic imine (C=N–C) groups is 1. The van der Waals surface area contributed by atoms with Crippen LogP contribution in [0.15, 0.2) is 45.8 Å². The van der Waals surface area contributed by atoms with E-state index in [-0.39, 0.29) is 36.4 Å². The summed E-state index contributed by atoms with van der Waals surface area (Å²) in [6.07, 6.45) is 2.66. The molecule has 1 aliphatic rings. The van der Waals surface area contributed by atoms with Crippen LogP contribution in [0.5, 0.6) is 0 Å². The number of guanidine groups is 1. The van der Waals surface area contributed by atoms with Gasteiger partial charge in [-0.05, 0) is 63.4 Å². The van der Waals surface area contributed by atoms with Gasteiger partial charge in [0.2, 0.25) is 5.91 Å². The Morgan fingerprint density at radius 3 is 2.55 bits per heavy atom. The molecule has 0 radical (unpaired) electrons. The van der Waals surface area contributed by atoms with Crippen molar-refractivity contribution in [1.82, 2.24) is 10.6 Å². The number of benzene rings is 1. The lowest BCUT2D eigenvalue weighted by Crippen LogP contribution is -2.44. The molecule has 1 saturated heterocycles. The van der Waals surface area contributed by atoms with Crippen LogP contribution in [-0.4, -0.2) is 36.6 Å². The number of carbonyl (C=O) groups excluding carboxylic acids is 1. The lowest BCUT2D eigenvalue weighted by Gasteiger charge is -2.26. The predicted octanol–water partition coefficient (Wildman–Crippen LogP) is 3.69. The first kappa shape index (κ1) is 25.2. The summed E-state index contributed by atoms with van der Waals surface area (Å²) < 4.78 is 5.56. The number of piperidine rings is 1.